The molecule has 3 rings (SSSR count). The van der Waals surface area contributed by atoms with Crippen molar-refractivity contribution in [3.63, 3.8) is 0 Å². The van der Waals surface area contributed by atoms with E-state index in [2.05, 4.69) is 15.0 Å². The molecule has 7 heteroatoms. The van der Waals surface area contributed by atoms with E-state index in [1.54, 1.807) is 6.07 Å². The molecule has 0 aliphatic heterocycles. The molecular weight excluding hydrogens is 274 g/mol. The third-order valence-corrected chi connectivity index (χ3v) is 2.79. The van der Waals surface area contributed by atoms with E-state index in [-0.39, 0.29) is 22.6 Å². The Morgan fingerprint density at radius 1 is 1.10 bits per heavy atom. The lowest BCUT2D eigenvalue weighted by atomic mass is 10.2. The zero-order valence-electron chi connectivity index (χ0n) is 9.87. The SMILES string of the molecule is Fc1ccccc1-c1nc2cc(C(F)(F)F)cnc2[nH]1. The molecule has 0 bridgehead atoms. The molecule has 20 heavy (non-hydrogen) atoms. The Balaban J connectivity index is 2.14. The van der Waals surface area contributed by atoms with Gasteiger partial charge in [0.2, 0.25) is 0 Å². The van der Waals surface area contributed by atoms with Gasteiger partial charge in [0.1, 0.15) is 17.2 Å². The van der Waals surface area contributed by atoms with E-state index >= 15 is 0 Å². The number of aromatic amines is 1. The molecule has 0 fully saturated rings. The molecule has 2 aromatic heterocycles. The lowest BCUT2D eigenvalue weighted by molar-refractivity contribution is -0.137. The van der Waals surface area contributed by atoms with Gasteiger partial charge in [0, 0.05) is 6.20 Å². The van der Waals surface area contributed by atoms with E-state index < -0.39 is 17.6 Å². The first-order valence-electron chi connectivity index (χ1n) is 5.63. The van der Waals surface area contributed by atoms with Crippen molar-refractivity contribution in [1.82, 2.24) is 15.0 Å². The number of pyridine rings is 1. The summed E-state index contributed by atoms with van der Waals surface area (Å²) in [6.07, 6.45) is -3.77. The van der Waals surface area contributed by atoms with Crippen LogP contribution in [0.15, 0.2) is 36.5 Å². The highest BCUT2D eigenvalue weighted by Gasteiger charge is 2.31. The number of hydrogen-bond acceptors (Lipinski definition) is 2. The van der Waals surface area contributed by atoms with Crippen LogP contribution >= 0.6 is 0 Å². The predicted octanol–water partition coefficient (Wildman–Crippen LogP) is 3.78. The van der Waals surface area contributed by atoms with Gasteiger partial charge < -0.3 is 4.98 Å². The average Bonchev–Trinajstić information content (AvgIpc) is 2.80. The van der Waals surface area contributed by atoms with Crippen molar-refractivity contribution in [2.24, 2.45) is 0 Å². The summed E-state index contributed by atoms with van der Waals surface area (Å²) in [6, 6.07) is 6.74. The summed E-state index contributed by atoms with van der Waals surface area (Å²) < 4.78 is 51.3. The fourth-order valence-electron chi connectivity index (χ4n) is 1.83. The van der Waals surface area contributed by atoms with Crippen LogP contribution in [0.2, 0.25) is 0 Å². The number of imidazole rings is 1. The summed E-state index contributed by atoms with van der Waals surface area (Å²) in [4.78, 5) is 10.3. The Labute approximate surface area is 110 Å². The van der Waals surface area contributed by atoms with Gasteiger partial charge >= 0.3 is 6.18 Å². The van der Waals surface area contributed by atoms with Crippen LogP contribution in [0.3, 0.4) is 0 Å². The van der Waals surface area contributed by atoms with E-state index in [9.17, 15) is 17.6 Å². The van der Waals surface area contributed by atoms with Gasteiger partial charge in [-0.3, -0.25) is 0 Å². The maximum Gasteiger partial charge on any atom is 0.417 e. The molecule has 102 valence electrons. The summed E-state index contributed by atoms with van der Waals surface area (Å²) in [7, 11) is 0. The number of alkyl halides is 3. The predicted molar refractivity (Wildman–Crippen MR) is 64.3 cm³/mol. The molecule has 1 aromatic carbocycles. The number of H-pyrrole nitrogens is 1. The van der Waals surface area contributed by atoms with Gasteiger partial charge in [-0.15, -0.1) is 0 Å². The van der Waals surface area contributed by atoms with Gasteiger partial charge in [-0.1, -0.05) is 12.1 Å². The third kappa shape index (κ3) is 2.11. The minimum atomic E-state index is -4.49. The van der Waals surface area contributed by atoms with E-state index in [0.29, 0.717) is 6.20 Å². The number of hydrogen-bond donors (Lipinski definition) is 1. The minimum absolute atomic E-state index is 0.0399. The highest BCUT2D eigenvalue weighted by molar-refractivity contribution is 5.76. The first kappa shape index (κ1) is 12.6. The molecule has 0 aliphatic rings. The molecule has 0 saturated carbocycles. The molecule has 0 atom stereocenters. The van der Waals surface area contributed by atoms with Crippen molar-refractivity contribution >= 4 is 11.2 Å². The van der Waals surface area contributed by atoms with Crippen molar-refractivity contribution in [2.75, 3.05) is 0 Å². The van der Waals surface area contributed by atoms with Crippen LogP contribution < -0.4 is 0 Å². The number of halogens is 4. The largest absolute Gasteiger partial charge is 0.417 e. The minimum Gasteiger partial charge on any atom is -0.323 e. The zero-order chi connectivity index (χ0) is 14.3. The Morgan fingerprint density at radius 3 is 2.55 bits per heavy atom. The first-order valence-corrected chi connectivity index (χ1v) is 5.63. The Hall–Kier alpha value is -2.44. The van der Waals surface area contributed by atoms with Crippen LogP contribution in [0, 0.1) is 5.82 Å². The number of rotatable bonds is 1. The number of nitrogens with zero attached hydrogens (tertiary/aromatic N) is 2. The second kappa shape index (κ2) is 4.29. The molecule has 3 aromatic rings. The lowest BCUT2D eigenvalue weighted by Gasteiger charge is -2.04. The highest BCUT2D eigenvalue weighted by atomic mass is 19.4. The summed E-state index contributed by atoms with van der Waals surface area (Å²) in [6.45, 7) is 0. The first-order chi connectivity index (χ1) is 9.45. The van der Waals surface area contributed by atoms with Crippen LogP contribution in [0.5, 0.6) is 0 Å². The molecule has 0 aliphatic carbocycles. The second-order valence-corrected chi connectivity index (χ2v) is 4.15. The standard InChI is InChI=1S/C13H7F4N3/c14-9-4-2-1-3-8(9)11-19-10-5-7(13(15,16)17)6-18-12(10)20-11/h1-6H,(H,18,19,20). The van der Waals surface area contributed by atoms with Gasteiger partial charge in [-0.25, -0.2) is 14.4 Å². The van der Waals surface area contributed by atoms with E-state index in [1.165, 1.54) is 18.2 Å². The average molecular weight is 281 g/mol. The van der Waals surface area contributed by atoms with Gasteiger partial charge in [0.05, 0.1) is 11.1 Å². The van der Waals surface area contributed by atoms with Crippen LogP contribution in [0.1, 0.15) is 5.56 Å². The van der Waals surface area contributed by atoms with Gasteiger partial charge in [0.15, 0.2) is 5.65 Å². The monoisotopic (exact) mass is 281 g/mol. The fourth-order valence-corrected chi connectivity index (χ4v) is 1.83. The van der Waals surface area contributed by atoms with Crippen molar-refractivity contribution in [3.05, 3.63) is 47.9 Å². The molecule has 0 amide bonds. The lowest BCUT2D eigenvalue weighted by Crippen LogP contribution is -2.05. The summed E-state index contributed by atoms with van der Waals surface area (Å²) in [5.74, 6) is -0.368. The quantitative estimate of drug-likeness (QED) is 0.690. The molecular formula is C13H7F4N3. The molecule has 0 spiro atoms. The molecule has 2 heterocycles. The third-order valence-electron chi connectivity index (χ3n) is 2.79. The van der Waals surface area contributed by atoms with E-state index in [0.717, 1.165) is 6.07 Å². The Morgan fingerprint density at radius 2 is 1.85 bits per heavy atom. The maximum atomic E-state index is 13.6. The summed E-state index contributed by atoms with van der Waals surface area (Å²) >= 11 is 0. The topological polar surface area (TPSA) is 41.6 Å². The number of fused-ring (bicyclic) bond motifs is 1. The van der Waals surface area contributed by atoms with Crippen molar-refractivity contribution < 1.29 is 17.6 Å². The van der Waals surface area contributed by atoms with Crippen LogP contribution in [-0.4, -0.2) is 15.0 Å². The zero-order valence-corrected chi connectivity index (χ0v) is 9.87. The van der Waals surface area contributed by atoms with Crippen LogP contribution in [-0.2, 0) is 6.18 Å². The van der Waals surface area contributed by atoms with Gasteiger partial charge in [0.25, 0.3) is 0 Å². The van der Waals surface area contributed by atoms with Crippen molar-refractivity contribution in [2.45, 2.75) is 6.18 Å². The molecule has 0 unspecified atom stereocenters. The van der Waals surface area contributed by atoms with Crippen molar-refractivity contribution in [3.8, 4) is 11.4 Å². The molecule has 0 saturated heterocycles. The smallest absolute Gasteiger partial charge is 0.323 e. The van der Waals surface area contributed by atoms with E-state index in [4.69, 9.17) is 0 Å². The normalized spacial score (nSPS) is 12.0. The molecule has 3 nitrogen and oxygen atoms in total. The highest BCUT2D eigenvalue weighted by Crippen LogP contribution is 2.30. The fraction of sp³-hybridized carbons (Fsp3) is 0.0769. The van der Waals surface area contributed by atoms with Gasteiger partial charge in [-0.2, -0.15) is 13.2 Å². The van der Waals surface area contributed by atoms with Gasteiger partial charge in [-0.05, 0) is 18.2 Å². The van der Waals surface area contributed by atoms with Crippen molar-refractivity contribution in [1.29, 1.82) is 0 Å². The molecule has 1 N–H and O–H groups in total. The second-order valence-electron chi connectivity index (χ2n) is 4.15. The number of nitrogens with one attached hydrogen (secondary N) is 1. The number of benzene rings is 1. The summed E-state index contributed by atoms with van der Waals surface area (Å²) in [5.41, 5.74) is -0.495. The van der Waals surface area contributed by atoms with Crippen LogP contribution in [0.25, 0.3) is 22.6 Å². The Bertz CT molecular complexity index is 777. The van der Waals surface area contributed by atoms with E-state index in [1.807, 2.05) is 0 Å². The maximum absolute atomic E-state index is 13.6. The number of aromatic nitrogens is 3. The summed E-state index contributed by atoms with van der Waals surface area (Å²) in [5, 5.41) is 0. The Kier molecular flexibility index (Phi) is 2.70. The molecule has 0 radical (unpaired) electrons. The van der Waals surface area contributed by atoms with Crippen LogP contribution in [0.4, 0.5) is 17.6 Å².